The lowest BCUT2D eigenvalue weighted by Gasteiger charge is -2.02. The van der Waals surface area contributed by atoms with Crippen molar-refractivity contribution in [2.75, 3.05) is 39.6 Å². The number of hydrogen-bond acceptors (Lipinski definition) is 4. The van der Waals surface area contributed by atoms with Gasteiger partial charge in [-0.2, -0.15) is 0 Å². The Morgan fingerprint density at radius 1 is 0.529 bits per heavy atom. The zero-order chi connectivity index (χ0) is 8.36. The first-order valence-electron chi connectivity index (χ1n) is 3.79. The first-order chi connectivity index (χ1) is 5.41. The summed E-state index contributed by atoms with van der Waals surface area (Å²) in [6.07, 6.45) is 0.806. The van der Waals surface area contributed by atoms with E-state index in [2.05, 4.69) is 0 Å². The number of ether oxygens (including phenoxy) is 2. The molecule has 0 bridgehead atoms. The lowest BCUT2D eigenvalue weighted by atomic mass is 10.5. The van der Waals surface area contributed by atoms with Crippen LogP contribution < -0.4 is 0 Å². The minimum absolute atomic E-state index is 0. The quantitative estimate of drug-likeness (QED) is 0.658. The maximum Gasteiger partial charge on any atom is 0.0697 e. The Balaban J connectivity index is -0.0000000333. The molecule has 0 aromatic carbocycles. The molecule has 0 amide bonds. The van der Waals surface area contributed by atoms with Gasteiger partial charge in [0.25, 0.3) is 0 Å². The summed E-state index contributed by atoms with van der Waals surface area (Å²) < 4.78 is 9.94. The van der Waals surface area contributed by atoms with Crippen molar-refractivity contribution >= 4 is 0 Å². The van der Waals surface area contributed by atoms with Gasteiger partial charge in [0.1, 0.15) is 0 Å². The third-order valence-corrected chi connectivity index (χ3v) is 1.05. The summed E-state index contributed by atoms with van der Waals surface area (Å²) in [6.45, 7) is 2.12. The molecule has 0 aromatic rings. The van der Waals surface area contributed by atoms with Gasteiger partial charge in [0.15, 0.2) is 0 Å². The maximum absolute atomic E-state index is 8.32. The summed E-state index contributed by atoms with van der Waals surface area (Å²) in [4.78, 5) is 0. The van der Waals surface area contributed by atoms with Crippen LogP contribution in [0.1, 0.15) is 51.0 Å². The Morgan fingerprint density at radius 3 is 1.06 bits per heavy atom. The molecule has 116 valence electrons. The molecule has 0 spiro atoms. The topological polar surface area (TPSA) is 58.9 Å². The van der Waals surface area contributed by atoms with Crippen LogP contribution in [0.2, 0.25) is 0 Å². The van der Waals surface area contributed by atoms with Crippen LogP contribution in [0.5, 0.6) is 0 Å². The molecule has 0 radical (unpaired) electrons. The molecule has 0 atom stereocenters. The minimum Gasteiger partial charge on any atom is -0.394 e. The Labute approximate surface area is 111 Å². The van der Waals surface area contributed by atoms with Crippen molar-refractivity contribution < 1.29 is 19.7 Å². The first kappa shape index (κ1) is 43.6. The summed E-state index contributed by atoms with van der Waals surface area (Å²) in [7, 11) is 0. The summed E-state index contributed by atoms with van der Waals surface area (Å²) in [5.41, 5.74) is 0. The molecule has 0 heterocycles. The van der Waals surface area contributed by atoms with Gasteiger partial charge in [-0.05, 0) is 6.42 Å². The molecule has 0 fully saturated rings. The van der Waals surface area contributed by atoms with Crippen LogP contribution in [0.25, 0.3) is 0 Å². The van der Waals surface area contributed by atoms with E-state index in [0.29, 0.717) is 26.4 Å². The van der Waals surface area contributed by atoms with Crippen molar-refractivity contribution in [1.29, 1.82) is 0 Å². The molecule has 2 N–H and O–H groups in total. The van der Waals surface area contributed by atoms with Crippen molar-refractivity contribution in [3.05, 3.63) is 0 Å². The van der Waals surface area contributed by atoms with E-state index in [1.807, 2.05) is 0 Å². The van der Waals surface area contributed by atoms with Crippen molar-refractivity contribution in [3.8, 4) is 0 Å². The Hall–Kier alpha value is -0.160. The van der Waals surface area contributed by atoms with Gasteiger partial charge in [-0.1, -0.05) is 44.6 Å². The normalized spacial score (nSPS) is 6.71. The third-order valence-electron chi connectivity index (χ3n) is 1.05. The Kier molecular flexibility index (Phi) is 115. The average molecular weight is 260 g/mol. The fourth-order valence-electron chi connectivity index (χ4n) is 0.596. The van der Waals surface area contributed by atoms with Gasteiger partial charge in [0.05, 0.1) is 26.4 Å². The molecule has 0 aliphatic heterocycles. The van der Waals surface area contributed by atoms with Gasteiger partial charge in [0.2, 0.25) is 0 Å². The van der Waals surface area contributed by atoms with Gasteiger partial charge in [0, 0.05) is 13.2 Å². The van der Waals surface area contributed by atoms with Crippen LogP contribution in [0.4, 0.5) is 0 Å². The van der Waals surface area contributed by atoms with E-state index in [4.69, 9.17) is 19.7 Å². The molecule has 0 saturated heterocycles. The van der Waals surface area contributed by atoms with Crippen LogP contribution >= 0.6 is 0 Å². The van der Waals surface area contributed by atoms with Crippen LogP contribution in [0.3, 0.4) is 0 Å². The lowest BCUT2D eigenvalue weighted by Crippen LogP contribution is -2.06. The fraction of sp³-hybridized carbons (Fsp3) is 1.00. The van der Waals surface area contributed by atoms with Gasteiger partial charge in [-0.3, -0.25) is 0 Å². The highest BCUT2D eigenvalue weighted by molar-refractivity contribution is 4.34. The molecule has 0 aromatic heterocycles. The predicted octanol–water partition coefficient (Wildman–Crippen LogP) is 3.21. The highest BCUT2D eigenvalue weighted by Crippen LogP contribution is 1.84. The molecule has 0 rings (SSSR count). The van der Waals surface area contributed by atoms with E-state index < -0.39 is 0 Å². The fourth-order valence-corrected chi connectivity index (χ4v) is 0.596. The largest absolute Gasteiger partial charge is 0.394 e. The molecule has 4 heteroatoms. The van der Waals surface area contributed by atoms with Crippen molar-refractivity contribution in [2.24, 2.45) is 0 Å². The van der Waals surface area contributed by atoms with Crippen molar-refractivity contribution in [3.63, 3.8) is 0 Å². The number of rotatable bonds is 8. The summed E-state index contributed by atoms with van der Waals surface area (Å²) >= 11 is 0. The first-order valence-corrected chi connectivity index (χ1v) is 3.79. The van der Waals surface area contributed by atoms with E-state index >= 15 is 0 Å². The van der Waals surface area contributed by atoms with Crippen LogP contribution in [-0.2, 0) is 9.47 Å². The zero-order valence-corrected chi connectivity index (χ0v) is 6.66. The highest BCUT2D eigenvalue weighted by Gasteiger charge is 1.88. The summed E-state index contributed by atoms with van der Waals surface area (Å²) in [5, 5.41) is 16.6. The standard InChI is InChI=1S/C7H16O4.6CH4/c8-2-6-10-4-1-5-11-7-3-9;;;;;;/h8-9H,1-7H2;6*1H4. The van der Waals surface area contributed by atoms with Gasteiger partial charge >= 0.3 is 0 Å². The average Bonchev–Trinajstić information content (AvgIpc) is 2.03. The number of hydrogen-bond donors (Lipinski definition) is 2. The van der Waals surface area contributed by atoms with Gasteiger partial charge in [-0.25, -0.2) is 0 Å². The second-order valence-corrected chi connectivity index (χ2v) is 2.03. The smallest absolute Gasteiger partial charge is 0.0697 e. The summed E-state index contributed by atoms with van der Waals surface area (Å²) in [6, 6.07) is 0. The minimum atomic E-state index is 0. The Morgan fingerprint density at radius 2 is 0.824 bits per heavy atom. The SMILES string of the molecule is C.C.C.C.C.C.OCCOCCCOCCO. The van der Waals surface area contributed by atoms with E-state index in [9.17, 15) is 0 Å². The van der Waals surface area contributed by atoms with Crippen molar-refractivity contribution in [2.45, 2.75) is 51.0 Å². The van der Waals surface area contributed by atoms with Gasteiger partial charge < -0.3 is 19.7 Å². The second kappa shape index (κ2) is 44.6. The molecular weight excluding hydrogens is 220 g/mol. The maximum atomic E-state index is 8.32. The predicted molar refractivity (Wildman–Crippen MR) is 80.8 cm³/mol. The number of aliphatic hydroxyl groups is 2. The lowest BCUT2D eigenvalue weighted by molar-refractivity contribution is 0.0526. The molecule has 0 aliphatic carbocycles. The summed E-state index contributed by atoms with van der Waals surface area (Å²) in [5.74, 6) is 0. The molecule has 0 saturated carbocycles. The Bertz CT molecular complexity index is 62.4. The van der Waals surface area contributed by atoms with E-state index in [-0.39, 0.29) is 57.8 Å². The molecule has 4 nitrogen and oxygen atoms in total. The second-order valence-electron chi connectivity index (χ2n) is 2.03. The molecule has 0 aliphatic rings. The molecule has 0 unspecified atom stereocenters. The van der Waals surface area contributed by atoms with Crippen LogP contribution in [0, 0.1) is 0 Å². The van der Waals surface area contributed by atoms with Crippen molar-refractivity contribution in [1.82, 2.24) is 0 Å². The van der Waals surface area contributed by atoms with Crippen LogP contribution in [-0.4, -0.2) is 49.9 Å². The number of aliphatic hydroxyl groups excluding tert-OH is 2. The monoisotopic (exact) mass is 260 g/mol. The van der Waals surface area contributed by atoms with E-state index in [1.165, 1.54) is 0 Å². The third kappa shape index (κ3) is 49.4. The highest BCUT2D eigenvalue weighted by atomic mass is 16.5. The van der Waals surface area contributed by atoms with E-state index in [1.54, 1.807) is 0 Å². The van der Waals surface area contributed by atoms with Crippen LogP contribution in [0.15, 0.2) is 0 Å². The molecular formula is C13H40O4. The van der Waals surface area contributed by atoms with Gasteiger partial charge in [-0.15, -0.1) is 0 Å². The zero-order valence-electron chi connectivity index (χ0n) is 6.66. The molecule has 17 heavy (non-hydrogen) atoms. The van der Waals surface area contributed by atoms with E-state index in [0.717, 1.165) is 6.42 Å².